The highest BCUT2D eigenvalue weighted by atomic mass is 16.6. The average Bonchev–Trinajstić information content (AvgIpc) is 2.37. The molecule has 4 nitrogen and oxygen atoms in total. The molecule has 0 aromatic heterocycles. The zero-order valence-corrected chi connectivity index (χ0v) is 10.7. The Kier molecular flexibility index (Phi) is 5.91. The summed E-state index contributed by atoms with van der Waals surface area (Å²) in [6, 6.07) is 9.35. The molecule has 0 heterocycles. The van der Waals surface area contributed by atoms with Crippen LogP contribution in [-0.4, -0.2) is 18.0 Å². The van der Waals surface area contributed by atoms with Gasteiger partial charge in [-0.25, -0.2) is 4.79 Å². The summed E-state index contributed by atoms with van der Waals surface area (Å²) >= 11 is 0. The molecule has 18 heavy (non-hydrogen) atoms. The molecule has 0 saturated carbocycles. The molecule has 0 fully saturated rings. The van der Waals surface area contributed by atoms with Crippen molar-refractivity contribution in [2.45, 2.75) is 39.4 Å². The van der Waals surface area contributed by atoms with Gasteiger partial charge in [0.25, 0.3) is 0 Å². The van der Waals surface area contributed by atoms with E-state index in [-0.39, 0.29) is 12.6 Å². The van der Waals surface area contributed by atoms with Crippen LogP contribution < -0.4 is 0 Å². The van der Waals surface area contributed by atoms with Crippen molar-refractivity contribution in [1.29, 1.82) is 0 Å². The van der Waals surface area contributed by atoms with Crippen LogP contribution >= 0.6 is 0 Å². The largest absolute Gasteiger partial charge is 0.458 e. The molecule has 0 radical (unpaired) electrons. The van der Waals surface area contributed by atoms with Gasteiger partial charge in [-0.1, -0.05) is 37.3 Å². The Bertz CT molecular complexity index is 386. The van der Waals surface area contributed by atoms with E-state index in [9.17, 15) is 9.59 Å². The number of benzene rings is 1. The Balaban J connectivity index is 2.34. The summed E-state index contributed by atoms with van der Waals surface area (Å²) in [7, 11) is 0. The highest BCUT2D eigenvalue weighted by Crippen LogP contribution is 2.04. The Hall–Kier alpha value is -1.84. The molecule has 0 aliphatic rings. The van der Waals surface area contributed by atoms with Gasteiger partial charge in [0, 0.05) is 6.42 Å². The van der Waals surface area contributed by atoms with Gasteiger partial charge in [0.2, 0.25) is 0 Å². The predicted molar refractivity (Wildman–Crippen MR) is 66.7 cm³/mol. The quantitative estimate of drug-likeness (QED) is 0.728. The highest BCUT2D eigenvalue weighted by molar-refractivity contribution is 5.78. The maximum absolute atomic E-state index is 11.6. The molecule has 1 aromatic rings. The smallest absolute Gasteiger partial charge is 0.347 e. The molecular formula is C14H18O4. The molecule has 0 saturated heterocycles. The van der Waals surface area contributed by atoms with Gasteiger partial charge in [0.1, 0.15) is 6.61 Å². The molecule has 4 heteroatoms. The Morgan fingerprint density at radius 2 is 1.89 bits per heavy atom. The standard InChI is InChI=1S/C14H18O4/c1-3-7-13(15)18-11(2)14(16)17-10-12-8-5-4-6-9-12/h4-6,8-9,11H,3,7,10H2,1-2H3/t11-/m0/s1. The van der Waals surface area contributed by atoms with E-state index in [0.29, 0.717) is 12.8 Å². The number of ether oxygens (including phenoxy) is 2. The Morgan fingerprint density at radius 3 is 2.50 bits per heavy atom. The number of hydrogen-bond donors (Lipinski definition) is 0. The molecule has 0 N–H and O–H groups in total. The summed E-state index contributed by atoms with van der Waals surface area (Å²) in [4.78, 5) is 22.8. The zero-order valence-electron chi connectivity index (χ0n) is 10.7. The molecular weight excluding hydrogens is 232 g/mol. The lowest BCUT2D eigenvalue weighted by Crippen LogP contribution is -2.26. The second-order valence-corrected chi connectivity index (χ2v) is 3.98. The second kappa shape index (κ2) is 7.48. The van der Waals surface area contributed by atoms with Crippen LogP contribution in [0.1, 0.15) is 32.3 Å². The maximum atomic E-state index is 11.6. The summed E-state index contributed by atoms with van der Waals surface area (Å²) in [6.07, 6.45) is 0.161. The fourth-order valence-corrected chi connectivity index (χ4v) is 1.35. The normalized spacial score (nSPS) is 11.7. The monoisotopic (exact) mass is 250 g/mol. The van der Waals surface area contributed by atoms with Crippen molar-refractivity contribution >= 4 is 11.9 Å². The topological polar surface area (TPSA) is 52.6 Å². The van der Waals surface area contributed by atoms with Crippen LogP contribution in [-0.2, 0) is 25.7 Å². The molecule has 1 rings (SSSR count). The SMILES string of the molecule is CCCC(=O)O[C@@H](C)C(=O)OCc1ccccc1. The van der Waals surface area contributed by atoms with Crippen LogP contribution in [0.2, 0.25) is 0 Å². The van der Waals surface area contributed by atoms with E-state index in [1.807, 2.05) is 37.3 Å². The van der Waals surface area contributed by atoms with E-state index in [1.165, 1.54) is 6.92 Å². The van der Waals surface area contributed by atoms with Crippen molar-refractivity contribution < 1.29 is 19.1 Å². The van der Waals surface area contributed by atoms with Crippen molar-refractivity contribution in [3.63, 3.8) is 0 Å². The molecule has 1 aromatic carbocycles. The van der Waals surface area contributed by atoms with E-state index >= 15 is 0 Å². The molecule has 0 spiro atoms. The number of hydrogen-bond acceptors (Lipinski definition) is 4. The summed E-state index contributed by atoms with van der Waals surface area (Å²) in [5.41, 5.74) is 0.901. The minimum absolute atomic E-state index is 0.190. The van der Waals surface area contributed by atoms with Gasteiger partial charge < -0.3 is 9.47 Å². The Morgan fingerprint density at radius 1 is 1.22 bits per heavy atom. The lowest BCUT2D eigenvalue weighted by molar-refractivity contribution is -0.167. The Labute approximate surface area is 107 Å². The number of rotatable bonds is 6. The summed E-state index contributed by atoms with van der Waals surface area (Å²) in [5.74, 6) is -0.898. The molecule has 98 valence electrons. The van der Waals surface area contributed by atoms with E-state index < -0.39 is 12.1 Å². The van der Waals surface area contributed by atoms with Gasteiger partial charge in [-0.15, -0.1) is 0 Å². The zero-order chi connectivity index (χ0) is 13.4. The predicted octanol–water partition coefficient (Wildman–Crippen LogP) is 2.46. The first-order valence-electron chi connectivity index (χ1n) is 6.03. The molecule has 0 amide bonds. The van der Waals surface area contributed by atoms with Crippen molar-refractivity contribution in [1.82, 2.24) is 0 Å². The lowest BCUT2D eigenvalue weighted by Gasteiger charge is -2.12. The van der Waals surface area contributed by atoms with E-state index in [0.717, 1.165) is 5.56 Å². The van der Waals surface area contributed by atoms with Gasteiger partial charge in [0.05, 0.1) is 0 Å². The van der Waals surface area contributed by atoms with Crippen LogP contribution in [0.5, 0.6) is 0 Å². The molecule has 0 aliphatic heterocycles. The van der Waals surface area contributed by atoms with E-state index in [1.54, 1.807) is 0 Å². The van der Waals surface area contributed by atoms with Gasteiger partial charge >= 0.3 is 11.9 Å². The average molecular weight is 250 g/mol. The van der Waals surface area contributed by atoms with Crippen LogP contribution in [0.4, 0.5) is 0 Å². The minimum atomic E-state index is -0.854. The van der Waals surface area contributed by atoms with Crippen molar-refractivity contribution in [2.24, 2.45) is 0 Å². The third kappa shape index (κ3) is 4.99. The lowest BCUT2D eigenvalue weighted by atomic mass is 10.2. The van der Waals surface area contributed by atoms with Gasteiger partial charge in [0.15, 0.2) is 6.10 Å². The third-order valence-electron chi connectivity index (χ3n) is 2.32. The van der Waals surface area contributed by atoms with Gasteiger partial charge in [-0.3, -0.25) is 4.79 Å². The van der Waals surface area contributed by atoms with Crippen LogP contribution in [0.25, 0.3) is 0 Å². The third-order valence-corrected chi connectivity index (χ3v) is 2.32. The number of carbonyl (C=O) groups excluding carboxylic acids is 2. The number of carbonyl (C=O) groups is 2. The van der Waals surface area contributed by atoms with Crippen LogP contribution in [0.15, 0.2) is 30.3 Å². The van der Waals surface area contributed by atoms with E-state index in [4.69, 9.17) is 9.47 Å². The molecule has 1 atom stereocenters. The van der Waals surface area contributed by atoms with Crippen molar-refractivity contribution in [3.8, 4) is 0 Å². The van der Waals surface area contributed by atoms with E-state index in [2.05, 4.69) is 0 Å². The van der Waals surface area contributed by atoms with Crippen molar-refractivity contribution in [2.75, 3.05) is 0 Å². The first-order valence-corrected chi connectivity index (χ1v) is 6.03. The van der Waals surface area contributed by atoms with Gasteiger partial charge in [-0.05, 0) is 18.9 Å². The van der Waals surface area contributed by atoms with Crippen LogP contribution in [0.3, 0.4) is 0 Å². The molecule has 0 unspecified atom stereocenters. The molecule has 0 aliphatic carbocycles. The number of esters is 2. The van der Waals surface area contributed by atoms with Crippen LogP contribution in [0, 0.1) is 0 Å². The minimum Gasteiger partial charge on any atom is -0.458 e. The maximum Gasteiger partial charge on any atom is 0.347 e. The fourth-order valence-electron chi connectivity index (χ4n) is 1.35. The van der Waals surface area contributed by atoms with Crippen molar-refractivity contribution in [3.05, 3.63) is 35.9 Å². The summed E-state index contributed by atoms with van der Waals surface area (Å²) < 4.78 is 9.98. The van der Waals surface area contributed by atoms with Gasteiger partial charge in [-0.2, -0.15) is 0 Å². The molecule has 0 bridgehead atoms. The summed E-state index contributed by atoms with van der Waals surface area (Å²) in [6.45, 7) is 3.58. The fraction of sp³-hybridized carbons (Fsp3) is 0.429. The summed E-state index contributed by atoms with van der Waals surface area (Å²) in [5, 5.41) is 0. The highest BCUT2D eigenvalue weighted by Gasteiger charge is 2.18. The first-order chi connectivity index (χ1) is 8.63. The second-order valence-electron chi connectivity index (χ2n) is 3.98. The first kappa shape index (κ1) is 14.2.